The third kappa shape index (κ3) is 5.91. The fraction of sp³-hybridized carbons (Fsp3) is 0.433. The molecule has 1 atom stereocenters. The number of hydrogen-bond acceptors (Lipinski definition) is 5. The fourth-order valence-corrected chi connectivity index (χ4v) is 6.05. The zero-order valence-electron chi connectivity index (χ0n) is 22.4. The summed E-state index contributed by atoms with van der Waals surface area (Å²) < 4.78 is 45.6. The van der Waals surface area contributed by atoms with Gasteiger partial charge in [0.2, 0.25) is 5.91 Å². The van der Waals surface area contributed by atoms with E-state index in [2.05, 4.69) is 20.9 Å². The fourth-order valence-electron chi connectivity index (χ4n) is 6.05. The SMILES string of the molecule is CCOC(=O)C(C1CCN(C(=O)C=Cc2cc(F)c(F)c(F)c2)CC1)N1CCC(c2c[nH]c3ncccc23)CC1. The lowest BCUT2D eigenvalue weighted by atomic mass is 9.84. The van der Waals surface area contributed by atoms with E-state index < -0.39 is 17.5 Å². The van der Waals surface area contributed by atoms with Crippen molar-refractivity contribution in [3.8, 4) is 0 Å². The Labute approximate surface area is 231 Å². The van der Waals surface area contributed by atoms with Gasteiger partial charge in [0.1, 0.15) is 11.7 Å². The summed E-state index contributed by atoms with van der Waals surface area (Å²) in [6.45, 7) is 4.56. The van der Waals surface area contributed by atoms with Gasteiger partial charge in [-0.15, -0.1) is 0 Å². The Bertz CT molecular complexity index is 1370. The Morgan fingerprint density at radius 2 is 1.80 bits per heavy atom. The number of hydrogen-bond donors (Lipinski definition) is 1. The van der Waals surface area contributed by atoms with E-state index in [9.17, 15) is 22.8 Å². The molecule has 1 amide bonds. The number of nitrogens with zero attached hydrogens (tertiary/aromatic N) is 3. The highest BCUT2D eigenvalue weighted by molar-refractivity contribution is 5.91. The van der Waals surface area contributed by atoms with Crippen molar-refractivity contribution < 1.29 is 27.5 Å². The first-order chi connectivity index (χ1) is 19.4. The lowest BCUT2D eigenvalue weighted by Crippen LogP contribution is -2.53. The number of aromatic nitrogens is 2. The lowest BCUT2D eigenvalue weighted by Gasteiger charge is -2.42. The Balaban J connectivity index is 1.20. The molecule has 0 bridgehead atoms. The summed E-state index contributed by atoms with van der Waals surface area (Å²) in [7, 11) is 0. The van der Waals surface area contributed by atoms with Gasteiger partial charge in [-0.2, -0.15) is 0 Å². The average Bonchev–Trinajstić information content (AvgIpc) is 3.40. The number of likely N-dealkylation sites (tertiary alicyclic amines) is 2. The predicted octanol–water partition coefficient (Wildman–Crippen LogP) is 5.04. The molecule has 1 unspecified atom stereocenters. The Morgan fingerprint density at radius 1 is 1.10 bits per heavy atom. The van der Waals surface area contributed by atoms with E-state index in [-0.39, 0.29) is 29.4 Å². The van der Waals surface area contributed by atoms with Crippen molar-refractivity contribution in [2.45, 2.75) is 44.6 Å². The number of ether oxygens (including phenoxy) is 1. The number of nitrogens with one attached hydrogen (secondary N) is 1. The standard InChI is InChI=1S/C30H33F3N4O3/c1-2-40-30(39)28(37-14-7-20(8-15-37)23-18-35-29-22(23)4-3-11-34-29)21-9-12-36(13-10-21)26(38)6-5-19-16-24(31)27(33)25(32)17-19/h3-6,11,16-18,20-21,28H,2,7-10,12-15H2,1H3,(H,34,35). The van der Waals surface area contributed by atoms with Gasteiger partial charge in [0.25, 0.3) is 0 Å². The minimum Gasteiger partial charge on any atom is -0.465 e. The smallest absolute Gasteiger partial charge is 0.323 e. The zero-order chi connectivity index (χ0) is 28.2. The normalized spacial score (nSPS) is 18.4. The maximum Gasteiger partial charge on any atom is 0.323 e. The second-order valence-electron chi connectivity index (χ2n) is 10.4. The molecular weight excluding hydrogens is 521 g/mol. The molecule has 5 rings (SSSR count). The van der Waals surface area contributed by atoms with Crippen LogP contribution in [0.3, 0.4) is 0 Å². The number of fused-ring (bicyclic) bond motifs is 1. The molecule has 10 heteroatoms. The first kappa shape index (κ1) is 27.9. The van der Waals surface area contributed by atoms with Crippen LogP contribution in [0.5, 0.6) is 0 Å². The van der Waals surface area contributed by atoms with Gasteiger partial charge in [0.15, 0.2) is 17.5 Å². The number of carbonyl (C=O) groups is 2. The van der Waals surface area contributed by atoms with Crippen LogP contribution in [0.25, 0.3) is 17.1 Å². The van der Waals surface area contributed by atoms with Crippen molar-refractivity contribution in [3.05, 3.63) is 71.3 Å². The molecule has 40 heavy (non-hydrogen) atoms. The highest BCUT2D eigenvalue weighted by atomic mass is 19.2. The molecule has 212 valence electrons. The summed E-state index contributed by atoms with van der Waals surface area (Å²) in [5, 5.41) is 1.14. The van der Waals surface area contributed by atoms with E-state index in [0.717, 1.165) is 49.1 Å². The molecule has 2 fully saturated rings. The van der Waals surface area contributed by atoms with Crippen molar-refractivity contribution >= 4 is 29.0 Å². The van der Waals surface area contributed by atoms with Gasteiger partial charge in [0, 0.05) is 36.9 Å². The van der Waals surface area contributed by atoms with Crippen LogP contribution in [0.15, 0.2) is 42.7 Å². The molecule has 1 N–H and O–H groups in total. The lowest BCUT2D eigenvalue weighted by molar-refractivity contribution is -0.153. The Hall–Kier alpha value is -3.66. The maximum absolute atomic E-state index is 13.5. The number of rotatable bonds is 7. The van der Waals surface area contributed by atoms with Gasteiger partial charge in [-0.05, 0) is 99.0 Å². The molecule has 2 aromatic heterocycles. The highest BCUT2D eigenvalue weighted by Crippen LogP contribution is 2.35. The number of aromatic amines is 1. The van der Waals surface area contributed by atoms with Gasteiger partial charge in [-0.1, -0.05) is 0 Å². The molecule has 7 nitrogen and oxygen atoms in total. The summed E-state index contributed by atoms with van der Waals surface area (Å²) in [5.74, 6) is -4.25. The maximum atomic E-state index is 13.5. The Kier molecular flexibility index (Phi) is 8.54. The first-order valence-corrected chi connectivity index (χ1v) is 13.8. The second-order valence-corrected chi connectivity index (χ2v) is 10.4. The van der Waals surface area contributed by atoms with Crippen LogP contribution in [0.4, 0.5) is 13.2 Å². The predicted molar refractivity (Wildman–Crippen MR) is 145 cm³/mol. The second kappa shape index (κ2) is 12.2. The van der Waals surface area contributed by atoms with E-state index in [0.29, 0.717) is 38.5 Å². The number of H-pyrrole nitrogens is 1. The zero-order valence-corrected chi connectivity index (χ0v) is 22.4. The van der Waals surface area contributed by atoms with Crippen LogP contribution < -0.4 is 0 Å². The van der Waals surface area contributed by atoms with E-state index in [1.165, 1.54) is 17.7 Å². The number of pyridine rings is 1. The van der Waals surface area contributed by atoms with E-state index >= 15 is 0 Å². The third-order valence-corrected chi connectivity index (χ3v) is 8.10. The summed E-state index contributed by atoms with van der Waals surface area (Å²) in [6.07, 6.45) is 9.45. The van der Waals surface area contributed by atoms with Gasteiger partial charge >= 0.3 is 5.97 Å². The van der Waals surface area contributed by atoms with Crippen LogP contribution in [-0.2, 0) is 14.3 Å². The number of esters is 1. The average molecular weight is 555 g/mol. The summed E-state index contributed by atoms with van der Waals surface area (Å²) in [4.78, 5) is 37.4. The monoisotopic (exact) mass is 554 g/mol. The molecule has 0 radical (unpaired) electrons. The molecule has 2 aliphatic heterocycles. The molecule has 4 heterocycles. The minimum absolute atomic E-state index is 0.0428. The highest BCUT2D eigenvalue weighted by Gasteiger charge is 2.39. The van der Waals surface area contributed by atoms with Gasteiger partial charge in [-0.25, -0.2) is 18.2 Å². The number of benzene rings is 1. The quantitative estimate of drug-likeness (QED) is 0.252. The molecule has 2 aliphatic rings. The van der Waals surface area contributed by atoms with Crippen LogP contribution >= 0.6 is 0 Å². The van der Waals surface area contributed by atoms with E-state index in [1.54, 1.807) is 18.0 Å². The molecular formula is C30H33F3N4O3. The topological polar surface area (TPSA) is 78.5 Å². The van der Waals surface area contributed by atoms with Crippen LogP contribution in [0.2, 0.25) is 0 Å². The molecule has 0 spiro atoms. The molecule has 0 aliphatic carbocycles. The Morgan fingerprint density at radius 3 is 2.48 bits per heavy atom. The third-order valence-electron chi connectivity index (χ3n) is 8.10. The largest absolute Gasteiger partial charge is 0.465 e. The van der Waals surface area contributed by atoms with Crippen LogP contribution in [-0.4, -0.2) is 70.5 Å². The van der Waals surface area contributed by atoms with Crippen LogP contribution in [0.1, 0.15) is 49.7 Å². The van der Waals surface area contributed by atoms with Crippen LogP contribution in [0, 0.1) is 23.4 Å². The molecule has 1 aromatic carbocycles. The van der Waals surface area contributed by atoms with Gasteiger partial charge in [0.05, 0.1) is 6.61 Å². The van der Waals surface area contributed by atoms with Crippen molar-refractivity contribution in [1.29, 1.82) is 0 Å². The van der Waals surface area contributed by atoms with E-state index in [4.69, 9.17) is 4.74 Å². The summed E-state index contributed by atoms with van der Waals surface area (Å²) >= 11 is 0. The number of amides is 1. The number of halogens is 3. The van der Waals surface area contributed by atoms with Crippen molar-refractivity contribution in [2.75, 3.05) is 32.8 Å². The number of carbonyl (C=O) groups excluding carboxylic acids is 2. The molecule has 2 saturated heterocycles. The summed E-state index contributed by atoms with van der Waals surface area (Å²) in [6, 6.07) is 5.35. The molecule has 0 saturated carbocycles. The van der Waals surface area contributed by atoms with Crippen molar-refractivity contribution in [2.24, 2.45) is 5.92 Å². The summed E-state index contributed by atoms with van der Waals surface area (Å²) in [5.41, 5.74) is 2.22. The van der Waals surface area contributed by atoms with Crippen molar-refractivity contribution in [3.63, 3.8) is 0 Å². The van der Waals surface area contributed by atoms with E-state index in [1.807, 2.05) is 12.3 Å². The number of piperidine rings is 2. The van der Waals surface area contributed by atoms with Crippen molar-refractivity contribution in [1.82, 2.24) is 19.8 Å². The van der Waals surface area contributed by atoms with Gasteiger partial charge < -0.3 is 14.6 Å². The first-order valence-electron chi connectivity index (χ1n) is 13.8. The molecule has 3 aromatic rings. The minimum atomic E-state index is -1.54. The van der Waals surface area contributed by atoms with Gasteiger partial charge in [-0.3, -0.25) is 14.5 Å².